The lowest BCUT2D eigenvalue weighted by atomic mass is 9.95. The first-order valence-electron chi connectivity index (χ1n) is 16.7. The lowest BCUT2D eigenvalue weighted by Crippen LogP contribution is -2.40. The maximum Gasteiger partial charge on any atom is 0.338 e. The summed E-state index contributed by atoms with van der Waals surface area (Å²) in [4.78, 5) is 33.5. The fourth-order valence-electron chi connectivity index (χ4n) is 6.59. The summed E-state index contributed by atoms with van der Waals surface area (Å²) in [5.41, 5.74) is 8.20. The summed E-state index contributed by atoms with van der Waals surface area (Å²) in [5, 5.41) is 0. The molecule has 1 atom stereocenters. The van der Waals surface area contributed by atoms with E-state index in [1.807, 2.05) is 48.5 Å². The van der Waals surface area contributed by atoms with E-state index in [9.17, 15) is 9.59 Å². The van der Waals surface area contributed by atoms with Crippen LogP contribution in [0.3, 0.4) is 0 Å². The third-order valence-corrected chi connectivity index (χ3v) is 9.95. The molecule has 8 nitrogen and oxygen atoms in total. The number of nitrogens with zero attached hydrogens (tertiary/aromatic N) is 3. The quantitative estimate of drug-likeness (QED) is 0.149. The van der Waals surface area contributed by atoms with Crippen LogP contribution in [0.4, 0.5) is 0 Å². The minimum Gasteiger partial charge on any atom is -0.493 e. The van der Waals surface area contributed by atoms with Gasteiger partial charge in [0.05, 0.1) is 54.1 Å². The highest BCUT2D eigenvalue weighted by Gasteiger charge is 2.34. The summed E-state index contributed by atoms with van der Waals surface area (Å²) in [5.74, 6) is 0.489. The van der Waals surface area contributed by atoms with Crippen molar-refractivity contribution in [2.45, 2.75) is 26.8 Å². The largest absolute Gasteiger partial charge is 0.493 e. The Bertz CT molecular complexity index is 2460. The van der Waals surface area contributed by atoms with Crippen LogP contribution in [0.1, 0.15) is 36.6 Å². The van der Waals surface area contributed by atoms with Crippen LogP contribution in [0.25, 0.3) is 34.3 Å². The standard InChI is InChI=1S/C42H37N3O5S/c1-6-50-41(47)37-27(3)43-42-45(39(37)30-19-22-34(48-4)35(24-30)49-5)40(46)36(51-42)25-31-23-33(28-13-9-7-10-14-28)44(32-20-17-26(2)18-21-32)38(31)29-15-11-8-12-16-29/h7-25,39H,6H2,1-5H3/b36-25-/t39-/m0/s1. The van der Waals surface area contributed by atoms with Gasteiger partial charge in [-0.2, -0.15) is 0 Å². The number of ether oxygens (including phenoxy) is 3. The Kier molecular flexibility index (Phi) is 9.30. The fourth-order valence-corrected chi connectivity index (χ4v) is 7.62. The smallest absolute Gasteiger partial charge is 0.338 e. The number of rotatable bonds is 9. The van der Waals surface area contributed by atoms with Gasteiger partial charge in [0.2, 0.25) is 0 Å². The number of hydrogen-bond acceptors (Lipinski definition) is 7. The molecule has 51 heavy (non-hydrogen) atoms. The number of aryl methyl sites for hydroxylation is 1. The topological polar surface area (TPSA) is 84.1 Å². The van der Waals surface area contributed by atoms with Crippen LogP contribution in [-0.4, -0.2) is 35.9 Å². The van der Waals surface area contributed by atoms with Crippen LogP contribution < -0.4 is 24.4 Å². The summed E-state index contributed by atoms with van der Waals surface area (Å²) in [7, 11) is 3.12. The molecule has 0 fully saturated rings. The molecule has 0 saturated carbocycles. The molecular weight excluding hydrogens is 659 g/mol. The summed E-state index contributed by atoms with van der Waals surface area (Å²) >= 11 is 1.29. The van der Waals surface area contributed by atoms with E-state index >= 15 is 0 Å². The summed E-state index contributed by atoms with van der Waals surface area (Å²) < 4.78 is 20.9. The average Bonchev–Trinajstić information content (AvgIpc) is 3.68. The van der Waals surface area contributed by atoms with Crippen LogP contribution >= 0.6 is 11.3 Å². The number of hydrogen-bond donors (Lipinski definition) is 0. The minimum atomic E-state index is -0.798. The number of benzene rings is 4. The van der Waals surface area contributed by atoms with Crippen molar-refractivity contribution in [2.24, 2.45) is 4.99 Å². The fraction of sp³-hybridized carbons (Fsp3) is 0.167. The van der Waals surface area contributed by atoms with Gasteiger partial charge in [-0.1, -0.05) is 95.8 Å². The molecule has 7 rings (SSSR count). The second kappa shape index (κ2) is 14.1. The minimum absolute atomic E-state index is 0.183. The van der Waals surface area contributed by atoms with Crippen molar-refractivity contribution in [1.82, 2.24) is 9.13 Å². The van der Waals surface area contributed by atoms with Crippen molar-refractivity contribution < 1.29 is 19.0 Å². The van der Waals surface area contributed by atoms with Gasteiger partial charge in [0.15, 0.2) is 16.3 Å². The van der Waals surface area contributed by atoms with Crippen molar-refractivity contribution in [3.8, 4) is 39.7 Å². The van der Waals surface area contributed by atoms with Crippen molar-refractivity contribution in [1.29, 1.82) is 0 Å². The Morgan fingerprint density at radius 2 is 1.51 bits per heavy atom. The molecule has 0 radical (unpaired) electrons. The second-order valence-corrected chi connectivity index (χ2v) is 13.2. The van der Waals surface area contributed by atoms with E-state index in [0.717, 1.165) is 39.3 Å². The van der Waals surface area contributed by atoms with Gasteiger partial charge in [0.25, 0.3) is 5.56 Å². The number of methoxy groups -OCH3 is 2. The molecule has 6 aromatic rings. The van der Waals surface area contributed by atoms with E-state index in [0.29, 0.717) is 37.7 Å². The zero-order chi connectivity index (χ0) is 35.6. The molecule has 1 aliphatic heterocycles. The third-order valence-electron chi connectivity index (χ3n) is 8.97. The highest BCUT2D eigenvalue weighted by Crippen LogP contribution is 2.38. The van der Waals surface area contributed by atoms with Gasteiger partial charge in [-0.3, -0.25) is 9.36 Å². The lowest BCUT2D eigenvalue weighted by molar-refractivity contribution is -0.139. The molecule has 2 aromatic heterocycles. The normalized spacial score (nSPS) is 14.2. The Morgan fingerprint density at radius 1 is 0.843 bits per heavy atom. The molecule has 9 heteroatoms. The molecule has 1 aliphatic rings. The molecule has 4 aromatic carbocycles. The van der Waals surface area contributed by atoms with Crippen LogP contribution in [0.5, 0.6) is 11.5 Å². The van der Waals surface area contributed by atoms with Crippen molar-refractivity contribution in [3.63, 3.8) is 0 Å². The first kappa shape index (κ1) is 33.6. The summed E-state index contributed by atoms with van der Waals surface area (Å²) in [6.07, 6.45) is 1.94. The van der Waals surface area contributed by atoms with Gasteiger partial charge < -0.3 is 18.8 Å². The SMILES string of the molecule is CCOC(=O)C1=C(C)N=c2s/c(=C\c3cc(-c4ccccc4)n(-c4ccc(C)cc4)c3-c3ccccc3)c(=O)n2[C@H]1c1ccc(OC)c(OC)c1. The Hall–Kier alpha value is -5.93. The Morgan fingerprint density at radius 3 is 2.16 bits per heavy atom. The number of aromatic nitrogens is 2. The highest BCUT2D eigenvalue weighted by atomic mass is 32.1. The summed E-state index contributed by atoms with van der Waals surface area (Å²) in [6, 6.07) is 35.6. The van der Waals surface area contributed by atoms with E-state index in [1.54, 1.807) is 44.8 Å². The number of allylic oxidation sites excluding steroid dienone is 1. The molecule has 0 unspecified atom stereocenters. The number of thiazole rings is 1. The molecule has 3 heterocycles. The first-order chi connectivity index (χ1) is 24.8. The van der Waals surface area contributed by atoms with E-state index in [4.69, 9.17) is 19.2 Å². The maximum atomic E-state index is 14.7. The van der Waals surface area contributed by atoms with E-state index < -0.39 is 12.0 Å². The van der Waals surface area contributed by atoms with Crippen LogP contribution in [0.2, 0.25) is 0 Å². The number of carbonyl (C=O) groups is 1. The Balaban J connectivity index is 1.51. The lowest BCUT2D eigenvalue weighted by Gasteiger charge is -2.25. The summed E-state index contributed by atoms with van der Waals surface area (Å²) in [6.45, 7) is 5.79. The molecule has 0 spiro atoms. The van der Waals surface area contributed by atoms with E-state index in [2.05, 4.69) is 66.1 Å². The van der Waals surface area contributed by atoms with Gasteiger partial charge >= 0.3 is 5.97 Å². The van der Waals surface area contributed by atoms with Crippen LogP contribution in [0, 0.1) is 6.92 Å². The van der Waals surface area contributed by atoms with Gasteiger partial charge in [0.1, 0.15) is 0 Å². The van der Waals surface area contributed by atoms with Gasteiger partial charge in [0, 0.05) is 11.3 Å². The predicted molar refractivity (Wildman–Crippen MR) is 201 cm³/mol. The molecule has 0 N–H and O–H groups in total. The molecular formula is C42H37N3O5S. The Labute approximate surface area is 299 Å². The van der Waals surface area contributed by atoms with Crippen molar-refractivity contribution >= 4 is 23.4 Å². The zero-order valence-corrected chi connectivity index (χ0v) is 29.9. The number of fused-ring (bicyclic) bond motifs is 1. The van der Waals surface area contributed by atoms with E-state index in [1.165, 1.54) is 11.3 Å². The van der Waals surface area contributed by atoms with Crippen molar-refractivity contribution in [3.05, 3.63) is 157 Å². The monoisotopic (exact) mass is 695 g/mol. The number of esters is 1. The van der Waals surface area contributed by atoms with Gasteiger partial charge in [-0.15, -0.1) is 0 Å². The predicted octanol–water partition coefficient (Wildman–Crippen LogP) is 7.25. The van der Waals surface area contributed by atoms with Crippen LogP contribution in [0.15, 0.2) is 130 Å². The molecule has 0 bridgehead atoms. The second-order valence-electron chi connectivity index (χ2n) is 12.2. The maximum absolute atomic E-state index is 14.7. The molecule has 0 saturated heterocycles. The van der Waals surface area contributed by atoms with Gasteiger partial charge in [-0.25, -0.2) is 9.79 Å². The van der Waals surface area contributed by atoms with Crippen LogP contribution in [-0.2, 0) is 9.53 Å². The van der Waals surface area contributed by atoms with Crippen molar-refractivity contribution in [2.75, 3.05) is 20.8 Å². The molecule has 256 valence electrons. The highest BCUT2D eigenvalue weighted by molar-refractivity contribution is 7.07. The molecule has 0 aliphatic carbocycles. The van der Waals surface area contributed by atoms with Gasteiger partial charge in [-0.05, 0) is 73.9 Å². The average molecular weight is 696 g/mol. The zero-order valence-electron chi connectivity index (χ0n) is 29.0. The first-order valence-corrected chi connectivity index (χ1v) is 17.5. The molecule has 0 amide bonds. The van der Waals surface area contributed by atoms with E-state index in [-0.39, 0.29) is 12.2 Å². The third kappa shape index (κ3) is 6.21. The number of carbonyl (C=O) groups excluding carboxylic acids is 1.